The van der Waals surface area contributed by atoms with E-state index in [0.29, 0.717) is 28.1 Å². The average molecular weight is 529 g/mol. The Bertz CT molecular complexity index is 1460. The van der Waals surface area contributed by atoms with Crippen LogP contribution in [0.5, 0.6) is 5.75 Å². The lowest BCUT2D eigenvalue weighted by molar-refractivity contribution is -0.132. The number of anilines is 1. The van der Waals surface area contributed by atoms with Crippen molar-refractivity contribution in [2.24, 2.45) is 0 Å². The van der Waals surface area contributed by atoms with Gasteiger partial charge in [-0.2, -0.15) is 0 Å². The zero-order chi connectivity index (χ0) is 28.4. The van der Waals surface area contributed by atoms with Crippen LogP contribution in [0.25, 0.3) is 5.76 Å². The first-order valence-electron chi connectivity index (χ1n) is 12.8. The maximum absolute atomic E-state index is 13.6. The first-order valence-corrected chi connectivity index (χ1v) is 12.8. The Morgan fingerprint density at radius 2 is 1.79 bits per heavy atom. The van der Waals surface area contributed by atoms with E-state index in [1.54, 1.807) is 76.7 Å². The molecule has 1 fully saturated rings. The molecule has 8 heteroatoms. The van der Waals surface area contributed by atoms with E-state index in [0.717, 1.165) is 5.56 Å². The molecule has 2 heterocycles. The Hall–Kier alpha value is -4.46. The summed E-state index contributed by atoms with van der Waals surface area (Å²) in [5, 5.41) is 11.6. The van der Waals surface area contributed by atoms with Gasteiger partial charge >= 0.3 is 5.97 Å². The summed E-state index contributed by atoms with van der Waals surface area (Å²) < 4.78 is 10.8. The fourth-order valence-electron chi connectivity index (χ4n) is 4.74. The lowest BCUT2D eigenvalue weighted by atomic mass is 9.91. The number of esters is 1. The van der Waals surface area contributed by atoms with Crippen LogP contribution in [0.1, 0.15) is 72.3 Å². The number of nitrogens with zero attached hydrogens (tertiary/aromatic N) is 2. The molecule has 1 aromatic heterocycles. The fourth-order valence-corrected chi connectivity index (χ4v) is 4.74. The third-order valence-electron chi connectivity index (χ3n) is 6.60. The number of rotatable bonds is 7. The predicted octanol–water partition coefficient (Wildman–Crippen LogP) is 5.71. The summed E-state index contributed by atoms with van der Waals surface area (Å²) in [6.45, 7) is 9.30. The molecular formula is C31H32N2O6. The first kappa shape index (κ1) is 27.6. The molecule has 2 aromatic carbocycles. The van der Waals surface area contributed by atoms with Gasteiger partial charge in [0.1, 0.15) is 11.5 Å². The van der Waals surface area contributed by atoms with Gasteiger partial charge in [0.25, 0.3) is 11.7 Å². The van der Waals surface area contributed by atoms with Crippen LogP contribution >= 0.6 is 0 Å². The molecule has 0 aliphatic carbocycles. The molecule has 1 N–H and O–H groups in total. The minimum absolute atomic E-state index is 0.0638. The van der Waals surface area contributed by atoms with E-state index in [1.165, 1.54) is 11.0 Å². The highest BCUT2D eigenvalue weighted by Crippen LogP contribution is 2.43. The number of Topliss-reactive ketones (excluding diaryl/α,β-unsaturated/α-hetero) is 1. The summed E-state index contributed by atoms with van der Waals surface area (Å²) in [6, 6.07) is 12.4. The Morgan fingerprint density at radius 1 is 1.05 bits per heavy atom. The predicted molar refractivity (Wildman–Crippen MR) is 148 cm³/mol. The van der Waals surface area contributed by atoms with E-state index in [9.17, 15) is 19.5 Å². The van der Waals surface area contributed by atoms with Crippen molar-refractivity contribution in [1.82, 2.24) is 4.98 Å². The number of pyridine rings is 1. The van der Waals surface area contributed by atoms with Crippen LogP contribution in [0.2, 0.25) is 0 Å². The van der Waals surface area contributed by atoms with Gasteiger partial charge in [-0.25, -0.2) is 4.79 Å². The van der Waals surface area contributed by atoms with E-state index in [-0.39, 0.29) is 28.9 Å². The van der Waals surface area contributed by atoms with Crippen LogP contribution in [-0.2, 0) is 14.3 Å². The highest BCUT2D eigenvalue weighted by atomic mass is 16.5. The van der Waals surface area contributed by atoms with Gasteiger partial charge in [-0.05, 0) is 79.8 Å². The zero-order valence-corrected chi connectivity index (χ0v) is 22.9. The van der Waals surface area contributed by atoms with E-state index in [2.05, 4.69) is 4.98 Å². The summed E-state index contributed by atoms with van der Waals surface area (Å²) in [5.74, 6) is -1.74. The molecule has 1 amide bonds. The molecule has 0 spiro atoms. The smallest absolute Gasteiger partial charge is 0.338 e. The zero-order valence-electron chi connectivity index (χ0n) is 22.9. The standard InChI is InChI=1S/C31H32N2O6/c1-17(2)23-15-24(19(5)13-25(23)38-6)28(34)26-27(21-10-8-12-32-16-21)33(30(36)29(26)35)22-11-7-9-20(14-22)31(37)39-18(3)4/h7-18,27,34H,1-6H3/b28-26+. The summed E-state index contributed by atoms with van der Waals surface area (Å²) in [6.07, 6.45) is 2.81. The minimum atomic E-state index is -0.973. The summed E-state index contributed by atoms with van der Waals surface area (Å²) in [5.41, 5.74) is 2.99. The third kappa shape index (κ3) is 5.27. The lowest BCUT2D eigenvalue weighted by Crippen LogP contribution is -2.29. The summed E-state index contributed by atoms with van der Waals surface area (Å²) >= 11 is 0. The van der Waals surface area contributed by atoms with Crippen molar-refractivity contribution in [1.29, 1.82) is 0 Å². The van der Waals surface area contributed by atoms with Gasteiger partial charge in [0, 0.05) is 23.6 Å². The van der Waals surface area contributed by atoms with Gasteiger partial charge in [0.2, 0.25) is 0 Å². The number of aryl methyl sites for hydroxylation is 1. The number of aliphatic hydroxyl groups is 1. The van der Waals surface area contributed by atoms with Crippen LogP contribution in [0.4, 0.5) is 5.69 Å². The Labute approximate surface area is 227 Å². The van der Waals surface area contributed by atoms with Crippen LogP contribution in [-0.4, -0.2) is 41.0 Å². The van der Waals surface area contributed by atoms with Crippen LogP contribution in [0.15, 0.2) is 66.5 Å². The number of aliphatic hydroxyl groups excluding tert-OH is 1. The molecule has 202 valence electrons. The molecule has 39 heavy (non-hydrogen) atoms. The van der Waals surface area contributed by atoms with Gasteiger partial charge in [-0.15, -0.1) is 0 Å². The quantitative estimate of drug-likeness (QED) is 0.181. The molecule has 3 aromatic rings. The Morgan fingerprint density at radius 3 is 2.41 bits per heavy atom. The lowest BCUT2D eigenvalue weighted by Gasteiger charge is -2.26. The number of aromatic nitrogens is 1. The topological polar surface area (TPSA) is 106 Å². The molecule has 1 atom stereocenters. The van der Waals surface area contributed by atoms with Crippen LogP contribution in [0, 0.1) is 6.92 Å². The number of carbonyl (C=O) groups is 3. The van der Waals surface area contributed by atoms with Gasteiger partial charge < -0.3 is 14.6 Å². The third-order valence-corrected chi connectivity index (χ3v) is 6.60. The number of hydrogen-bond donors (Lipinski definition) is 1. The van der Waals surface area contributed by atoms with Crippen LogP contribution in [0.3, 0.4) is 0 Å². The van der Waals surface area contributed by atoms with Crippen LogP contribution < -0.4 is 9.64 Å². The van der Waals surface area contributed by atoms with Crippen molar-refractivity contribution in [3.63, 3.8) is 0 Å². The number of methoxy groups -OCH3 is 1. The molecule has 1 aliphatic heterocycles. The molecule has 0 radical (unpaired) electrons. The van der Waals surface area contributed by atoms with Crippen molar-refractivity contribution in [2.45, 2.75) is 52.7 Å². The molecular weight excluding hydrogens is 496 g/mol. The highest BCUT2D eigenvalue weighted by Gasteiger charge is 2.47. The average Bonchev–Trinajstić information content (AvgIpc) is 3.18. The van der Waals surface area contributed by atoms with E-state index < -0.39 is 23.7 Å². The largest absolute Gasteiger partial charge is 0.507 e. The number of amides is 1. The van der Waals surface area contributed by atoms with E-state index in [1.807, 2.05) is 19.9 Å². The monoisotopic (exact) mass is 528 g/mol. The minimum Gasteiger partial charge on any atom is -0.507 e. The number of hydrogen-bond acceptors (Lipinski definition) is 7. The number of carbonyl (C=O) groups excluding carboxylic acids is 3. The summed E-state index contributed by atoms with van der Waals surface area (Å²) in [7, 11) is 1.58. The number of ketones is 1. The van der Waals surface area contributed by atoms with Crippen molar-refractivity contribution in [3.05, 3.63) is 94.3 Å². The van der Waals surface area contributed by atoms with Gasteiger partial charge in [-0.3, -0.25) is 19.5 Å². The van der Waals surface area contributed by atoms with Crippen molar-refractivity contribution in [3.8, 4) is 5.75 Å². The van der Waals surface area contributed by atoms with Crippen molar-refractivity contribution >= 4 is 29.1 Å². The van der Waals surface area contributed by atoms with E-state index in [4.69, 9.17) is 9.47 Å². The molecule has 0 saturated carbocycles. The molecule has 1 aliphatic rings. The second-order valence-electron chi connectivity index (χ2n) is 10.0. The molecule has 0 bridgehead atoms. The van der Waals surface area contributed by atoms with Gasteiger partial charge in [0.15, 0.2) is 0 Å². The maximum atomic E-state index is 13.6. The number of ether oxygens (including phenoxy) is 2. The van der Waals surface area contributed by atoms with Gasteiger partial charge in [0.05, 0.1) is 30.4 Å². The normalized spacial score (nSPS) is 16.7. The maximum Gasteiger partial charge on any atom is 0.338 e. The Balaban J connectivity index is 1.93. The second-order valence-corrected chi connectivity index (χ2v) is 10.0. The van der Waals surface area contributed by atoms with E-state index >= 15 is 0 Å². The first-order chi connectivity index (χ1) is 18.5. The second kappa shape index (κ2) is 11.1. The van der Waals surface area contributed by atoms with Gasteiger partial charge in [-0.1, -0.05) is 26.0 Å². The molecule has 1 saturated heterocycles. The van der Waals surface area contributed by atoms with Crippen molar-refractivity contribution < 1.29 is 29.0 Å². The molecule has 8 nitrogen and oxygen atoms in total. The molecule has 1 unspecified atom stereocenters. The highest BCUT2D eigenvalue weighted by molar-refractivity contribution is 6.51. The Kier molecular flexibility index (Phi) is 7.85. The SMILES string of the molecule is COc1cc(C)c(/C(O)=C2\C(=O)C(=O)N(c3cccc(C(=O)OC(C)C)c3)C2c2cccnc2)cc1C(C)C. The van der Waals surface area contributed by atoms with Crippen molar-refractivity contribution in [2.75, 3.05) is 12.0 Å². The summed E-state index contributed by atoms with van der Waals surface area (Å²) in [4.78, 5) is 45.2. The number of benzene rings is 2. The fraction of sp³-hybridized carbons (Fsp3) is 0.290. The molecule has 4 rings (SSSR count).